The molecule has 2 heterocycles. The number of aryl methyl sites for hydroxylation is 3. The molecule has 1 fully saturated rings. The van der Waals surface area contributed by atoms with Gasteiger partial charge in [0.15, 0.2) is 5.13 Å². The van der Waals surface area contributed by atoms with E-state index < -0.39 is 17.5 Å². The largest absolute Gasteiger partial charge is 0.325 e. The number of benzene rings is 2. The van der Waals surface area contributed by atoms with Crippen LogP contribution in [0.25, 0.3) is 11.3 Å². The molecule has 1 unspecified atom stereocenters. The fourth-order valence-corrected chi connectivity index (χ4v) is 5.32. The van der Waals surface area contributed by atoms with Crippen LogP contribution in [0.1, 0.15) is 28.7 Å². The molecule has 1 spiro atoms. The average molecular weight is 447 g/mol. The minimum atomic E-state index is -1.06. The number of hydrogen-bond acceptors (Lipinski definition) is 5. The zero-order valence-corrected chi connectivity index (χ0v) is 18.6. The van der Waals surface area contributed by atoms with E-state index in [4.69, 9.17) is 0 Å². The third-order valence-electron chi connectivity index (χ3n) is 6.13. The van der Waals surface area contributed by atoms with Crippen LogP contribution < -0.4 is 10.6 Å². The van der Waals surface area contributed by atoms with E-state index in [0.29, 0.717) is 18.0 Å². The summed E-state index contributed by atoms with van der Waals surface area (Å²) < 4.78 is 0. The smallest absolute Gasteiger partial charge is 0.319 e. The zero-order chi connectivity index (χ0) is 22.5. The number of carbonyl (C=O) groups is 3. The number of hydrogen-bond donors (Lipinski definition) is 2. The second kappa shape index (κ2) is 7.56. The molecule has 4 amide bonds. The summed E-state index contributed by atoms with van der Waals surface area (Å²) in [7, 11) is 0. The van der Waals surface area contributed by atoms with E-state index in [1.807, 2.05) is 55.6 Å². The Hall–Kier alpha value is -3.52. The van der Waals surface area contributed by atoms with Crippen LogP contribution in [0.3, 0.4) is 0 Å². The number of fused-ring (bicyclic) bond motifs is 2. The maximum Gasteiger partial charge on any atom is 0.325 e. The predicted molar refractivity (Wildman–Crippen MR) is 122 cm³/mol. The summed E-state index contributed by atoms with van der Waals surface area (Å²) in [6.45, 7) is 3.70. The lowest BCUT2D eigenvalue weighted by Crippen LogP contribution is -2.42. The summed E-state index contributed by atoms with van der Waals surface area (Å²) >= 11 is 1.31. The molecule has 1 aromatic heterocycles. The van der Waals surface area contributed by atoms with Crippen LogP contribution in [0.15, 0.2) is 47.8 Å². The van der Waals surface area contributed by atoms with Gasteiger partial charge in [0.05, 0.1) is 5.69 Å². The van der Waals surface area contributed by atoms with E-state index in [-0.39, 0.29) is 12.5 Å². The van der Waals surface area contributed by atoms with Gasteiger partial charge >= 0.3 is 6.03 Å². The molecule has 2 aromatic carbocycles. The standard InChI is InChI=1S/C24H22N4O3S/c1-14-7-8-17(15(2)11-14)19-13-32-22(25-19)26-20(29)12-28-21(30)24(27-23(28)31)10-9-16-5-3-4-6-18(16)24/h3-8,11,13H,9-10,12H2,1-2H3,(H,27,31)(H,25,26,29). The summed E-state index contributed by atoms with van der Waals surface area (Å²) in [6.07, 6.45) is 1.21. The summed E-state index contributed by atoms with van der Waals surface area (Å²) in [5.74, 6) is -0.837. The van der Waals surface area contributed by atoms with Gasteiger partial charge in [-0.05, 0) is 43.4 Å². The first kappa shape index (κ1) is 20.4. The maximum atomic E-state index is 13.2. The molecule has 1 aliphatic heterocycles. The fourth-order valence-electron chi connectivity index (χ4n) is 4.59. The molecule has 5 rings (SSSR count). The normalized spacial score (nSPS) is 19.4. The fraction of sp³-hybridized carbons (Fsp3) is 0.250. The quantitative estimate of drug-likeness (QED) is 0.597. The van der Waals surface area contributed by atoms with Crippen molar-refractivity contribution in [2.75, 3.05) is 11.9 Å². The van der Waals surface area contributed by atoms with Crippen molar-refractivity contribution in [2.45, 2.75) is 32.2 Å². The highest BCUT2D eigenvalue weighted by Crippen LogP contribution is 2.41. The molecule has 7 nitrogen and oxygen atoms in total. The van der Waals surface area contributed by atoms with E-state index in [2.05, 4.69) is 21.7 Å². The van der Waals surface area contributed by atoms with Crippen LogP contribution in [0.2, 0.25) is 0 Å². The Morgan fingerprint density at radius 1 is 1.22 bits per heavy atom. The Morgan fingerprint density at radius 3 is 2.84 bits per heavy atom. The number of amides is 4. The number of aromatic nitrogens is 1. The Labute approximate surface area is 189 Å². The number of anilines is 1. The molecule has 0 bridgehead atoms. The number of thiazole rings is 1. The van der Waals surface area contributed by atoms with Gasteiger partial charge in [-0.15, -0.1) is 11.3 Å². The predicted octanol–water partition coefficient (Wildman–Crippen LogP) is 3.76. The number of imide groups is 1. The van der Waals surface area contributed by atoms with Crippen molar-refractivity contribution in [1.82, 2.24) is 15.2 Å². The SMILES string of the molecule is Cc1ccc(-c2csc(NC(=O)CN3C(=O)NC4(CCc5ccccc54)C3=O)n2)c(C)c1. The summed E-state index contributed by atoms with van der Waals surface area (Å²) in [5.41, 5.74) is 4.86. The van der Waals surface area contributed by atoms with Crippen molar-refractivity contribution in [3.05, 3.63) is 70.1 Å². The highest BCUT2D eigenvalue weighted by molar-refractivity contribution is 7.14. The maximum absolute atomic E-state index is 13.2. The second-order valence-electron chi connectivity index (χ2n) is 8.29. The third-order valence-corrected chi connectivity index (χ3v) is 6.89. The molecule has 32 heavy (non-hydrogen) atoms. The first-order valence-corrected chi connectivity index (χ1v) is 11.3. The molecule has 1 saturated heterocycles. The van der Waals surface area contributed by atoms with Gasteiger partial charge in [0.2, 0.25) is 5.91 Å². The number of nitrogens with zero attached hydrogens (tertiary/aromatic N) is 2. The summed E-state index contributed by atoms with van der Waals surface area (Å²) in [4.78, 5) is 43.9. The van der Waals surface area contributed by atoms with Crippen molar-refractivity contribution in [2.24, 2.45) is 0 Å². The van der Waals surface area contributed by atoms with E-state index in [1.165, 1.54) is 16.9 Å². The van der Waals surface area contributed by atoms with Crippen LogP contribution in [-0.4, -0.2) is 34.3 Å². The topological polar surface area (TPSA) is 91.4 Å². The van der Waals surface area contributed by atoms with E-state index >= 15 is 0 Å². The highest BCUT2D eigenvalue weighted by Gasteiger charge is 2.55. The van der Waals surface area contributed by atoms with Gasteiger partial charge in [-0.1, -0.05) is 48.0 Å². The van der Waals surface area contributed by atoms with E-state index in [9.17, 15) is 14.4 Å². The first-order chi connectivity index (χ1) is 15.4. The van der Waals surface area contributed by atoms with Gasteiger partial charge in [0.25, 0.3) is 5.91 Å². The number of nitrogens with one attached hydrogen (secondary N) is 2. The Balaban J connectivity index is 1.30. The minimum Gasteiger partial charge on any atom is -0.319 e. The Morgan fingerprint density at radius 2 is 2.03 bits per heavy atom. The molecule has 2 N–H and O–H groups in total. The van der Waals surface area contributed by atoms with Gasteiger partial charge in [-0.3, -0.25) is 14.5 Å². The van der Waals surface area contributed by atoms with Crippen LogP contribution >= 0.6 is 11.3 Å². The summed E-state index contributed by atoms with van der Waals surface area (Å²) in [5, 5.41) is 7.87. The molecular formula is C24H22N4O3S. The van der Waals surface area contributed by atoms with Crippen LogP contribution in [0, 0.1) is 13.8 Å². The molecule has 1 atom stereocenters. The molecule has 8 heteroatoms. The highest BCUT2D eigenvalue weighted by atomic mass is 32.1. The van der Waals surface area contributed by atoms with Crippen molar-refractivity contribution >= 4 is 34.3 Å². The molecule has 1 aliphatic carbocycles. The van der Waals surface area contributed by atoms with Gasteiger partial charge in [0.1, 0.15) is 12.1 Å². The van der Waals surface area contributed by atoms with Gasteiger partial charge in [0, 0.05) is 10.9 Å². The monoisotopic (exact) mass is 446 g/mol. The van der Waals surface area contributed by atoms with Gasteiger partial charge < -0.3 is 10.6 Å². The lowest BCUT2D eigenvalue weighted by atomic mass is 9.92. The molecule has 0 radical (unpaired) electrons. The minimum absolute atomic E-state index is 0.354. The second-order valence-corrected chi connectivity index (χ2v) is 9.15. The lowest BCUT2D eigenvalue weighted by Gasteiger charge is -2.22. The zero-order valence-electron chi connectivity index (χ0n) is 17.8. The van der Waals surface area contributed by atoms with Crippen molar-refractivity contribution in [1.29, 1.82) is 0 Å². The number of urea groups is 1. The first-order valence-electron chi connectivity index (χ1n) is 10.4. The van der Waals surface area contributed by atoms with Gasteiger partial charge in [-0.2, -0.15) is 0 Å². The van der Waals surface area contributed by atoms with Crippen molar-refractivity contribution < 1.29 is 14.4 Å². The van der Waals surface area contributed by atoms with E-state index in [0.717, 1.165) is 32.8 Å². The molecular weight excluding hydrogens is 424 g/mol. The average Bonchev–Trinajstić information content (AvgIpc) is 3.43. The lowest BCUT2D eigenvalue weighted by molar-refractivity contribution is -0.134. The molecule has 0 saturated carbocycles. The number of carbonyl (C=O) groups excluding carboxylic acids is 3. The van der Waals surface area contributed by atoms with Crippen LogP contribution in [0.5, 0.6) is 0 Å². The van der Waals surface area contributed by atoms with E-state index in [1.54, 1.807) is 0 Å². The molecule has 162 valence electrons. The van der Waals surface area contributed by atoms with Gasteiger partial charge in [-0.25, -0.2) is 9.78 Å². The van der Waals surface area contributed by atoms with Crippen LogP contribution in [0.4, 0.5) is 9.93 Å². The third kappa shape index (κ3) is 3.27. The Kier molecular flexibility index (Phi) is 4.82. The van der Waals surface area contributed by atoms with Crippen molar-refractivity contribution in [3.8, 4) is 11.3 Å². The summed E-state index contributed by atoms with van der Waals surface area (Å²) in [6, 6.07) is 13.2. The van der Waals surface area contributed by atoms with Crippen LogP contribution in [-0.2, 0) is 21.5 Å². The van der Waals surface area contributed by atoms with Crippen molar-refractivity contribution in [3.63, 3.8) is 0 Å². The molecule has 3 aromatic rings. The Bertz CT molecular complexity index is 1270. The number of rotatable bonds is 4. The molecule has 2 aliphatic rings.